The maximum Gasteiger partial charge on any atom is 0.310 e. The van der Waals surface area contributed by atoms with E-state index < -0.39 is 11.8 Å². The van der Waals surface area contributed by atoms with E-state index in [-0.39, 0.29) is 18.1 Å². The molecule has 1 rings (SSSR count). The van der Waals surface area contributed by atoms with Crippen LogP contribution in [-0.4, -0.2) is 19.7 Å². The molecule has 0 fully saturated rings. The van der Waals surface area contributed by atoms with E-state index in [1.165, 1.54) is 19.2 Å². The molecule has 0 saturated carbocycles. The number of benzene rings is 1. The molecule has 0 amide bonds. The first-order valence-electron chi connectivity index (χ1n) is 4.76. The molecule has 0 saturated heterocycles. The van der Waals surface area contributed by atoms with Crippen LogP contribution in [0.2, 0.25) is 5.02 Å². The Bertz CT molecular complexity index is 393. The molecule has 0 atom stereocenters. The third-order valence-electron chi connectivity index (χ3n) is 2.00. The Balaban J connectivity index is 3.00. The van der Waals surface area contributed by atoms with Crippen molar-refractivity contribution in [3.05, 3.63) is 28.5 Å². The number of carbonyl (C=O) groups excluding carboxylic acids is 1. The molecular formula is C11H12ClFO3. The smallest absolute Gasteiger partial charge is 0.310 e. The molecule has 0 N–H and O–H groups in total. The van der Waals surface area contributed by atoms with E-state index in [2.05, 4.69) is 0 Å². The second-order valence-electron chi connectivity index (χ2n) is 3.02. The van der Waals surface area contributed by atoms with E-state index in [1.54, 1.807) is 6.92 Å². The van der Waals surface area contributed by atoms with Crippen molar-refractivity contribution in [2.24, 2.45) is 0 Å². The molecule has 5 heteroatoms. The molecule has 0 heterocycles. The van der Waals surface area contributed by atoms with Gasteiger partial charge < -0.3 is 9.47 Å². The van der Waals surface area contributed by atoms with E-state index in [4.69, 9.17) is 21.1 Å². The monoisotopic (exact) mass is 246 g/mol. The molecule has 0 radical (unpaired) electrons. The zero-order valence-corrected chi connectivity index (χ0v) is 9.81. The molecule has 0 aromatic heterocycles. The maximum atomic E-state index is 13.2. The van der Waals surface area contributed by atoms with Crippen molar-refractivity contribution in [2.75, 3.05) is 13.7 Å². The van der Waals surface area contributed by atoms with Crippen molar-refractivity contribution in [2.45, 2.75) is 13.3 Å². The fourth-order valence-corrected chi connectivity index (χ4v) is 1.51. The van der Waals surface area contributed by atoms with Crippen molar-refractivity contribution >= 4 is 17.6 Å². The van der Waals surface area contributed by atoms with Crippen LogP contribution in [0.5, 0.6) is 5.75 Å². The van der Waals surface area contributed by atoms with E-state index in [1.807, 2.05) is 0 Å². The second-order valence-corrected chi connectivity index (χ2v) is 3.40. The largest absolute Gasteiger partial charge is 0.496 e. The number of ether oxygens (including phenoxy) is 2. The predicted octanol–water partition coefficient (Wildman–Crippen LogP) is 2.59. The van der Waals surface area contributed by atoms with Gasteiger partial charge in [-0.1, -0.05) is 11.6 Å². The molecule has 1 aromatic carbocycles. The van der Waals surface area contributed by atoms with Gasteiger partial charge in [-0.2, -0.15) is 0 Å². The molecule has 0 bridgehead atoms. The Kier molecular flexibility index (Phi) is 4.55. The fraction of sp³-hybridized carbons (Fsp3) is 0.364. The van der Waals surface area contributed by atoms with Crippen molar-refractivity contribution in [3.63, 3.8) is 0 Å². The van der Waals surface area contributed by atoms with E-state index in [0.717, 1.165) is 0 Å². The highest BCUT2D eigenvalue weighted by molar-refractivity contribution is 6.31. The van der Waals surface area contributed by atoms with Gasteiger partial charge in [-0.05, 0) is 19.1 Å². The molecular weight excluding hydrogens is 235 g/mol. The third-order valence-corrected chi connectivity index (χ3v) is 2.41. The summed E-state index contributed by atoms with van der Waals surface area (Å²) in [7, 11) is 1.43. The summed E-state index contributed by atoms with van der Waals surface area (Å²) in [6.45, 7) is 1.97. The Morgan fingerprint density at radius 2 is 2.19 bits per heavy atom. The predicted molar refractivity (Wildman–Crippen MR) is 58.3 cm³/mol. The van der Waals surface area contributed by atoms with Gasteiger partial charge in [0.2, 0.25) is 0 Å². The van der Waals surface area contributed by atoms with Crippen LogP contribution >= 0.6 is 11.6 Å². The zero-order chi connectivity index (χ0) is 12.1. The van der Waals surface area contributed by atoms with E-state index >= 15 is 0 Å². The van der Waals surface area contributed by atoms with Crippen LogP contribution in [0.25, 0.3) is 0 Å². The van der Waals surface area contributed by atoms with Crippen molar-refractivity contribution in [1.82, 2.24) is 0 Å². The Hall–Kier alpha value is -1.29. The molecule has 0 aliphatic heterocycles. The summed E-state index contributed by atoms with van der Waals surface area (Å²) in [5.74, 6) is -0.672. The number of hydrogen-bond acceptors (Lipinski definition) is 3. The van der Waals surface area contributed by atoms with Gasteiger partial charge in [0.25, 0.3) is 0 Å². The van der Waals surface area contributed by atoms with Crippen LogP contribution in [0, 0.1) is 5.82 Å². The first-order valence-corrected chi connectivity index (χ1v) is 5.14. The SMILES string of the molecule is CCOC(=O)Cc1c(OC)ccc(F)c1Cl. The highest BCUT2D eigenvalue weighted by Gasteiger charge is 2.16. The average molecular weight is 247 g/mol. The lowest BCUT2D eigenvalue weighted by atomic mass is 10.1. The maximum absolute atomic E-state index is 13.2. The highest BCUT2D eigenvalue weighted by atomic mass is 35.5. The molecule has 16 heavy (non-hydrogen) atoms. The van der Waals surface area contributed by atoms with Crippen molar-refractivity contribution in [3.8, 4) is 5.75 Å². The van der Waals surface area contributed by atoms with Crippen molar-refractivity contribution < 1.29 is 18.7 Å². The lowest BCUT2D eigenvalue weighted by Gasteiger charge is -2.10. The number of hydrogen-bond donors (Lipinski definition) is 0. The van der Waals surface area contributed by atoms with Gasteiger partial charge in [0.05, 0.1) is 25.2 Å². The standard InChI is InChI=1S/C11H12ClFO3/c1-3-16-10(14)6-7-9(15-2)5-4-8(13)11(7)12/h4-5H,3,6H2,1-2H3. The van der Waals surface area contributed by atoms with E-state index in [9.17, 15) is 9.18 Å². The van der Waals surface area contributed by atoms with E-state index in [0.29, 0.717) is 11.3 Å². The quantitative estimate of drug-likeness (QED) is 0.766. The van der Waals surface area contributed by atoms with Crippen LogP contribution in [-0.2, 0) is 16.0 Å². The number of esters is 1. The minimum absolute atomic E-state index is 0.104. The van der Waals surface area contributed by atoms with Crippen LogP contribution in [0.15, 0.2) is 12.1 Å². The summed E-state index contributed by atoms with van der Waals surface area (Å²) >= 11 is 5.76. The summed E-state index contributed by atoms with van der Waals surface area (Å²) in [5.41, 5.74) is 0.308. The molecule has 0 unspecified atom stereocenters. The van der Waals surface area contributed by atoms with Crippen molar-refractivity contribution in [1.29, 1.82) is 0 Å². The third kappa shape index (κ3) is 2.85. The topological polar surface area (TPSA) is 35.5 Å². The van der Waals surface area contributed by atoms with Gasteiger partial charge in [0.15, 0.2) is 0 Å². The minimum atomic E-state index is -0.582. The second kappa shape index (κ2) is 5.70. The van der Waals surface area contributed by atoms with Crippen LogP contribution in [0.3, 0.4) is 0 Å². The fourth-order valence-electron chi connectivity index (χ4n) is 1.29. The summed E-state index contributed by atoms with van der Waals surface area (Å²) in [5, 5.41) is -0.104. The molecule has 1 aromatic rings. The molecule has 0 spiro atoms. The number of carbonyl (C=O) groups is 1. The Labute approximate surface area is 98.1 Å². The van der Waals surface area contributed by atoms with Gasteiger partial charge >= 0.3 is 5.97 Å². The summed E-state index contributed by atoms with van der Waals surface area (Å²) in [6, 6.07) is 2.62. The van der Waals surface area contributed by atoms with Crippen LogP contribution in [0.4, 0.5) is 4.39 Å². The molecule has 0 aliphatic carbocycles. The zero-order valence-electron chi connectivity index (χ0n) is 9.05. The average Bonchev–Trinajstić information content (AvgIpc) is 2.25. The number of methoxy groups -OCH3 is 1. The first-order chi connectivity index (χ1) is 7.60. The highest BCUT2D eigenvalue weighted by Crippen LogP contribution is 2.29. The van der Waals surface area contributed by atoms with Gasteiger partial charge in [-0.3, -0.25) is 4.79 Å². The summed E-state index contributed by atoms with van der Waals surface area (Å²) in [6.07, 6.45) is -0.104. The van der Waals surface area contributed by atoms with Crippen LogP contribution < -0.4 is 4.74 Å². The minimum Gasteiger partial charge on any atom is -0.496 e. The van der Waals surface area contributed by atoms with Crippen LogP contribution in [0.1, 0.15) is 12.5 Å². The summed E-state index contributed by atoms with van der Waals surface area (Å²) in [4.78, 5) is 11.3. The Morgan fingerprint density at radius 3 is 2.75 bits per heavy atom. The summed E-state index contributed by atoms with van der Waals surface area (Å²) < 4.78 is 23.0. The normalized spacial score (nSPS) is 10.0. The van der Waals surface area contributed by atoms with Gasteiger partial charge in [-0.15, -0.1) is 0 Å². The Morgan fingerprint density at radius 1 is 1.50 bits per heavy atom. The first kappa shape index (κ1) is 12.8. The lowest BCUT2D eigenvalue weighted by Crippen LogP contribution is -2.09. The molecule has 3 nitrogen and oxygen atoms in total. The van der Waals surface area contributed by atoms with Gasteiger partial charge in [-0.25, -0.2) is 4.39 Å². The lowest BCUT2D eigenvalue weighted by molar-refractivity contribution is -0.142. The molecule has 0 aliphatic rings. The molecule has 88 valence electrons. The number of halogens is 2. The van der Waals surface area contributed by atoms with Gasteiger partial charge in [0, 0.05) is 5.56 Å². The van der Waals surface area contributed by atoms with Gasteiger partial charge in [0.1, 0.15) is 11.6 Å². The number of rotatable bonds is 4.